The van der Waals surface area contributed by atoms with Gasteiger partial charge in [-0.2, -0.15) is 0 Å². The Balaban J connectivity index is 2.69. The number of hydrogen-bond acceptors (Lipinski definition) is 2. The summed E-state index contributed by atoms with van der Waals surface area (Å²) in [5, 5.41) is 3.46. The van der Waals surface area contributed by atoms with Crippen LogP contribution in [0.2, 0.25) is 0 Å². The van der Waals surface area contributed by atoms with Crippen LogP contribution in [0.5, 0.6) is 0 Å². The number of pyridine rings is 1. The fraction of sp³-hybridized carbons (Fsp3) is 0.667. The van der Waals surface area contributed by atoms with Crippen molar-refractivity contribution in [3.05, 3.63) is 23.9 Å². The second-order valence-corrected chi connectivity index (χ2v) is 6.00. The van der Waals surface area contributed by atoms with Gasteiger partial charge in [0.05, 0.1) is 0 Å². The van der Waals surface area contributed by atoms with Crippen molar-refractivity contribution in [1.82, 2.24) is 4.98 Å². The lowest BCUT2D eigenvalue weighted by Crippen LogP contribution is -2.23. The third-order valence-electron chi connectivity index (χ3n) is 3.50. The molecule has 0 spiro atoms. The van der Waals surface area contributed by atoms with Gasteiger partial charge in [0, 0.05) is 12.2 Å². The van der Waals surface area contributed by atoms with Crippen LogP contribution in [0, 0.1) is 5.92 Å². The van der Waals surface area contributed by atoms with Gasteiger partial charge in [-0.25, -0.2) is 4.98 Å². The van der Waals surface area contributed by atoms with Crippen LogP contribution in [0.4, 0.5) is 5.82 Å². The first-order valence-electron chi connectivity index (χ1n) is 6.57. The Morgan fingerprint density at radius 2 is 1.88 bits per heavy atom. The van der Waals surface area contributed by atoms with E-state index in [0.717, 1.165) is 5.82 Å². The highest BCUT2D eigenvalue weighted by Crippen LogP contribution is 2.22. The van der Waals surface area contributed by atoms with Gasteiger partial charge in [-0.15, -0.1) is 0 Å². The van der Waals surface area contributed by atoms with Gasteiger partial charge >= 0.3 is 0 Å². The van der Waals surface area contributed by atoms with E-state index in [2.05, 4.69) is 64.0 Å². The predicted molar refractivity (Wildman–Crippen MR) is 75.5 cm³/mol. The lowest BCUT2D eigenvalue weighted by Gasteiger charge is -2.22. The summed E-state index contributed by atoms with van der Waals surface area (Å²) < 4.78 is 0. The predicted octanol–water partition coefficient (Wildman–Crippen LogP) is 4.23. The van der Waals surface area contributed by atoms with Crippen LogP contribution in [0.1, 0.15) is 53.5 Å². The van der Waals surface area contributed by atoms with Gasteiger partial charge in [0.1, 0.15) is 5.82 Å². The van der Waals surface area contributed by atoms with Crippen molar-refractivity contribution in [1.29, 1.82) is 0 Å². The summed E-state index contributed by atoms with van der Waals surface area (Å²) in [6, 6.07) is 4.71. The van der Waals surface area contributed by atoms with E-state index < -0.39 is 0 Å². The van der Waals surface area contributed by atoms with Crippen LogP contribution < -0.4 is 5.32 Å². The van der Waals surface area contributed by atoms with Crippen molar-refractivity contribution in [3.8, 4) is 0 Å². The SMILES string of the molecule is CCC(C)C(C)Nc1ccc(C(C)(C)C)cn1. The zero-order chi connectivity index (χ0) is 13.1. The van der Waals surface area contributed by atoms with Crippen LogP contribution in [0.25, 0.3) is 0 Å². The van der Waals surface area contributed by atoms with Gasteiger partial charge in [0.15, 0.2) is 0 Å². The third-order valence-corrected chi connectivity index (χ3v) is 3.50. The van der Waals surface area contributed by atoms with E-state index in [-0.39, 0.29) is 5.41 Å². The second-order valence-electron chi connectivity index (χ2n) is 6.00. The summed E-state index contributed by atoms with van der Waals surface area (Å²) in [7, 11) is 0. The molecule has 0 amide bonds. The standard InChI is InChI=1S/C15H26N2/c1-7-11(2)12(3)17-14-9-8-13(10-16-14)15(4,5)6/h8-12H,7H2,1-6H3,(H,16,17). The Bertz CT molecular complexity index is 335. The van der Waals surface area contributed by atoms with E-state index in [0.29, 0.717) is 12.0 Å². The Hall–Kier alpha value is -1.05. The van der Waals surface area contributed by atoms with Gasteiger partial charge in [0.2, 0.25) is 0 Å². The summed E-state index contributed by atoms with van der Waals surface area (Å²) in [4.78, 5) is 4.49. The molecule has 1 aromatic rings. The number of rotatable bonds is 4. The van der Waals surface area contributed by atoms with Gasteiger partial charge in [-0.1, -0.05) is 47.1 Å². The molecule has 0 fully saturated rings. The minimum absolute atomic E-state index is 0.174. The Labute approximate surface area is 106 Å². The van der Waals surface area contributed by atoms with Crippen LogP contribution in [0.3, 0.4) is 0 Å². The van der Waals surface area contributed by atoms with Gasteiger partial charge in [-0.3, -0.25) is 0 Å². The number of hydrogen-bond donors (Lipinski definition) is 1. The highest BCUT2D eigenvalue weighted by atomic mass is 15.0. The molecule has 96 valence electrons. The summed E-state index contributed by atoms with van der Waals surface area (Å²) in [6.45, 7) is 13.3. The van der Waals surface area contributed by atoms with E-state index in [1.165, 1.54) is 12.0 Å². The van der Waals surface area contributed by atoms with Crippen molar-refractivity contribution < 1.29 is 0 Å². The Kier molecular flexibility index (Phi) is 4.55. The third kappa shape index (κ3) is 4.03. The van der Waals surface area contributed by atoms with Gasteiger partial charge < -0.3 is 5.32 Å². The molecule has 0 radical (unpaired) electrons. The summed E-state index contributed by atoms with van der Waals surface area (Å²) >= 11 is 0. The molecule has 2 atom stereocenters. The molecule has 0 saturated heterocycles. The van der Waals surface area contributed by atoms with E-state index in [1.807, 2.05) is 6.20 Å². The van der Waals surface area contributed by atoms with E-state index in [4.69, 9.17) is 0 Å². The monoisotopic (exact) mass is 234 g/mol. The largest absolute Gasteiger partial charge is 0.367 e. The molecule has 0 aliphatic heterocycles. The highest BCUT2D eigenvalue weighted by Gasteiger charge is 2.14. The average Bonchev–Trinajstić information content (AvgIpc) is 2.27. The molecule has 0 saturated carbocycles. The lowest BCUT2D eigenvalue weighted by molar-refractivity contribution is 0.493. The van der Waals surface area contributed by atoms with E-state index >= 15 is 0 Å². The zero-order valence-corrected chi connectivity index (χ0v) is 12.0. The molecule has 1 aromatic heterocycles. The summed E-state index contributed by atoms with van der Waals surface area (Å²) in [5.41, 5.74) is 1.45. The number of anilines is 1. The summed E-state index contributed by atoms with van der Waals surface area (Å²) in [6.07, 6.45) is 3.17. The lowest BCUT2D eigenvalue weighted by atomic mass is 9.88. The first-order valence-corrected chi connectivity index (χ1v) is 6.57. The van der Waals surface area contributed by atoms with Crippen molar-refractivity contribution in [2.75, 3.05) is 5.32 Å². The fourth-order valence-electron chi connectivity index (χ4n) is 1.65. The van der Waals surface area contributed by atoms with Crippen LogP contribution in [-0.2, 0) is 5.41 Å². The average molecular weight is 234 g/mol. The van der Waals surface area contributed by atoms with Gasteiger partial charge in [-0.05, 0) is 29.9 Å². The molecule has 2 unspecified atom stereocenters. The molecule has 1 heterocycles. The second kappa shape index (κ2) is 5.52. The molecule has 1 N–H and O–H groups in total. The smallest absolute Gasteiger partial charge is 0.126 e. The first-order chi connectivity index (χ1) is 7.84. The topological polar surface area (TPSA) is 24.9 Å². The Morgan fingerprint density at radius 3 is 2.29 bits per heavy atom. The van der Waals surface area contributed by atoms with Crippen LogP contribution in [-0.4, -0.2) is 11.0 Å². The van der Waals surface area contributed by atoms with Crippen molar-refractivity contribution in [3.63, 3.8) is 0 Å². The first kappa shape index (κ1) is 14.0. The van der Waals surface area contributed by atoms with E-state index in [1.54, 1.807) is 0 Å². The maximum atomic E-state index is 4.49. The molecule has 1 rings (SSSR count). The molecule has 0 aliphatic carbocycles. The quantitative estimate of drug-likeness (QED) is 0.843. The minimum atomic E-state index is 0.174. The van der Waals surface area contributed by atoms with Crippen molar-refractivity contribution in [2.45, 2.75) is 59.4 Å². The number of aromatic nitrogens is 1. The maximum absolute atomic E-state index is 4.49. The normalized spacial score (nSPS) is 15.4. The highest BCUT2D eigenvalue weighted by molar-refractivity contribution is 5.38. The minimum Gasteiger partial charge on any atom is -0.367 e. The molecule has 17 heavy (non-hydrogen) atoms. The van der Waals surface area contributed by atoms with E-state index in [9.17, 15) is 0 Å². The molecule has 0 aliphatic rings. The maximum Gasteiger partial charge on any atom is 0.126 e. The zero-order valence-electron chi connectivity index (χ0n) is 12.0. The van der Waals surface area contributed by atoms with Crippen LogP contribution in [0.15, 0.2) is 18.3 Å². The summed E-state index contributed by atoms with van der Waals surface area (Å²) in [5.74, 6) is 1.64. The molecule has 2 heteroatoms. The van der Waals surface area contributed by atoms with Crippen molar-refractivity contribution >= 4 is 5.82 Å². The molecule has 0 bridgehead atoms. The van der Waals surface area contributed by atoms with Crippen LogP contribution >= 0.6 is 0 Å². The molecule has 0 aromatic carbocycles. The molecular formula is C15H26N2. The van der Waals surface area contributed by atoms with Crippen molar-refractivity contribution in [2.24, 2.45) is 5.92 Å². The molecular weight excluding hydrogens is 208 g/mol. The number of nitrogens with one attached hydrogen (secondary N) is 1. The fourth-order valence-corrected chi connectivity index (χ4v) is 1.65. The molecule has 2 nitrogen and oxygen atoms in total. The number of nitrogens with zero attached hydrogens (tertiary/aromatic N) is 1. The Morgan fingerprint density at radius 1 is 1.24 bits per heavy atom. The van der Waals surface area contributed by atoms with Gasteiger partial charge in [0.25, 0.3) is 0 Å².